The second kappa shape index (κ2) is 5.66. The molecule has 0 bridgehead atoms. The first-order chi connectivity index (χ1) is 9.03. The number of halogens is 1. The Morgan fingerprint density at radius 2 is 2.00 bits per heavy atom. The number of anilines is 1. The lowest BCUT2D eigenvalue weighted by Crippen LogP contribution is -2.34. The minimum Gasteiger partial charge on any atom is -0.392 e. The molecule has 1 aromatic rings. The van der Waals surface area contributed by atoms with E-state index in [2.05, 4.69) is 0 Å². The Kier molecular flexibility index (Phi) is 4.60. The van der Waals surface area contributed by atoms with Crippen molar-refractivity contribution in [1.82, 2.24) is 4.90 Å². The predicted molar refractivity (Wildman–Crippen MR) is 78.9 cm³/mol. The van der Waals surface area contributed by atoms with E-state index in [0.717, 1.165) is 6.07 Å². The number of hydrogen-bond donors (Lipinski definition) is 1. The Hall–Kier alpha value is -1.82. The lowest BCUT2D eigenvalue weighted by molar-refractivity contribution is -0.383. The van der Waals surface area contributed by atoms with Gasteiger partial charge in [0.25, 0.3) is 11.6 Å². The molecule has 0 aliphatic rings. The molecule has 7 heteroatoms. The van der Waals surface area contributed by atoms with Crippen LogP contribution in [0.2, 0.25) is 5.02 Å². The summed E-state index contributed by atoms with van der Waals surface area (Å²) in [5.74, 6) is -0.329. The molecule has 0 saturated carbocycles. The van der Waals surface area contributed by atoms with Gasteiger partial charge in [0.2, 0.25) is 0 Å². The first-order valence-corrected chi connectivity index (χ1v) is 6.39. The normalized spacial score (nSPS) is 11.2. The maximum atomic E-state index is 12.3. The molecule has 6 nitrogen and oxygen atoms in total. The molecule has 0 unspecified atom stereocenters. The molecule has 0 spiro atoms. The van der Waals surface area contributed by atoms with Crippen LogP contribution >= 0.6 is 11.6 Å². The summed E-state index contributed by atoms with van der Waals surface area (Å²) in [4.78, 5) is 24.0. The first kappa shape index (κ1) is 16.2. The van der Waals surface area contributed by atoms with Gasteiger partial charge in [-0.2, -0.15) is 0 Å². The minimum atomic E-state index is -0.651. The molecular formula is C13H18ClN3O3. The molecule has 1 rings (SSSR count). The van der Waals surface area contributed by atoms with Crippen LogP contribution in [0.3, 0.4) is 0 Å². The van der Waals surface area contributed by atoms with Crippen LogP contribution in [-0.4, -0.2) is 29.3 Å². The van der Waals surface area contributed by atoms with Gasteiger partial charge < -0.3 is 10.6 Å². The van der Waals surface area contributed by atoms with Gasteiger partial charge in [-0.1, -0.05) is 32.4 Å². The number of nitrogen functional groups attached to an aromatic ring is 1. The van der Waals surface area contributed by atoms with Crippen LogP contribution in [0.5, 0.6) is 0 Å². The highest BCUT2D eigenvalue weighted by Gasteiger charge is 2.23. The number of benzene rings is 1. The number of nitro groups is 1. The number of nitrogens with two attached hydrogens (primary N) is 1. The standard InChI is InChI=1S/C13H18ClN3O3/c1-13(2,3)7-16(4)12(18)8-5-9(14)11(15)10(6-8)17(19)20/h5-6H,7,15H2,1-4H3. The molecule has 0 heterocycles. The maximum Gasteiger partial charge on any atom is 0.294 e. The lowest BCUT2D eigenvalue weighted by atomic mass is 9.96. The van der Waals surface area contributed by atoms with Gasteiger partial charge >= 0.3 is 0 Å². The Bertz CT molecular complexity index is 553. The highest BCUT2D eigenvalue weighted by Crippen LogP contribution is 2.31. The third-order valence-electron chi connectivity index (χ3n) is 2.61. The molecule has 0 radical (unpaired) electrons. The Morgan fingerprint density at radius 1 is 1.45 bits per heavy atom. The van der Waals surface area contributed by atoms with Crippen LogP contribution in [0.25, 0.3) is 0 Å². The minimum absolute atomic E-state index is 0.00621. The van der Waals surface area contributed by atoms with Gasteiger partial charge in [0.15, 0.2) is 0 Å². The maximum absolute atomic E-state index is 12.3. The smallest absolute Gasteiger partial charge is 0.294 e. The molecule has 0 saturated heterocycles. The summed E-state index contributed by atoms with van der Waals surface area (Å²) in [5, 5.41) is 10.9. The third kappa shape index (κ3) is 3.84. The summed E-state index contributed by atoms with van der Waals surface area (Å²) < 4.78 is 0. The average Bonchev–Trinajstić information content (AvgIpc) is 2.28. The van der Waals surface area contributed by atoms with Gasteiger partial charge in [-0.3, -0.25) is 14.9 Å². The van der Waals surface area contributed by atoms with Gasteiger partial charge in [-0.05, 0) is 11.5 Å². The molecule has 2 N–H and O–H groups in total. The van der Waals surface area contributed by atoms with Crippen LogP contribution < -0.4 is 5.73 Å². The van der Waals surface area contributed by atoms with Crippen molar-refractivity contribution in [2.75, 3.05) is 19.3 Å². The van der Waals surface area contributed by atoms with E-state index in [1.165, 1.54) is 11.0 Å². The fraction of sp³-hybridized carbons (Fsp3) is 0.462. The summed E-state index contributed by atoms with van der Waals surface area (Å²) in [6.45, 7) is 6.50. The monoisotopic (exact) mass is 299 g/mol. The van der Waals surface area contributed by atoms with Gasteiger partial charge in [0.05, 0.1) is 9.95 Å². The van der Waals surface area contributed by atoms with Crippen LogP contribution in [0, 0.1) is 15.5 Å². The van der Waals surface area contributed by atoms with E-state index in [1.54, 1.807) is 7.05 Å². The SMILES string of the molecule is CN(CC(C)(C)C)C(=O)c1cc(Cl)c(N)c([N+](=O)[O-])c1. The molecule has 0 fully saturated rings. The molecule has 110 valence electrons. The molecular weight excluding hydrogens is 282 g/mol. The van der Waals surface area contributed by atoms with Crippen LogP contribution in [-0.2, 0) is 0 Å². The van der Waals surface area contributed by atoms with Gasteiger partial charge in [0, 0.05) is 25.2 Å². The van der Waals surface area contributed by atoms with Gasteiger partial charge in [0.1, 0.15) is 5.69 Å². The Labute approximate surface area is 122 Å². The van der Waals surface area contributed by atoms with Crippen molar-refractivity contribution in [2.24, 2.45) is 5.41 Å². The zero-order valence-corrected chi connectivity index (χ0v) is 12.7. The zero-order valence-electron chi connectivity index (χ0n) is 11.9. The van der Waals surface area contributed by atoms with E-state index >= 15 is 0 Å². The number of carbonyl (C=O) groups is 1. The average molecular weight is 300 g/mol. The zero-order chi connectivity index (χ0) is 15.7. The molecule has 0 aliphatic heterocycles. The van der Waals surface area contributed by atoms with Crippen molar-refractivity contribution in [2.45, 2.75) is 20.8 Å². The summed E-state index contributed by atoms with van der Waals surface area (Å²) in [6.07, 6.45) is 0. The van der Waals surface area contributed by atoms with Crippen molar-refractivity contribution >= 4 is 28.9 Å². The number of carbonyl (C=O) groups excluding carboxylic acids is 1. The van der Waals surface area contributed by atoms with E-state index in [-0.39, 0.29) is 33.3 Å². The molecule has 1 amide bonds. The highest BCUT2D eigenvalue weighted by molar-refractivity contribution is 6.34. The fourth-order valence-electron chi connectivity index (χ4n) is 1.88. The molecule has 1 aromatic carbocycles. The van der Waals surface area contributed by atoms with Crippen molar-refractivity contribution in [3.63, 3.8) is 0 Å². The van der Waals surface area contributed by atoms with Gasteiger partial charge in [-0.25, -0.2) is 0 Å². The number of rotatable bonds is 3. The van der Waals surface area contributed by atoms with E-state index in [4.69, 9.17) is 17.3 Å². The Morgan fingerprint density at radius 3 is 2.45 bits per heavy atom. The fourth-order valence-corrected chi connectivity index (χ4v) is 2.10. The largest absolute Gasteiger partial charge is 0.392 e. The Balaban J connectivity index is 3.14. The molecule has 0 aromatic heterocycles. The summed E-state index contributed by atoms with van der Waals surface area (Å²) in [6, 6.07) is 2.51. The summed E-state index contributed by atoms with van der Waals surface area (Å²) >= 11 is 5.84. The van der Waals surface area contributed by atoms with Crippen molar-refractivity contribution < 1.29 is 9.72 Å². The van der Waals surface area contributed by atoms with E-state index in [9.17, 15) is 14.9 Å². The first-order valence-electron chi connectivity index (χ1n) is 6.02. The second-order valence-corrected chi connectivity index (χ2v) is 6.28. The quantitative estimate of drug-likeness (QED) is 0.528. The van der Waals surface area contributed by atoms with Crippen LogP contribution in [0.4, 0.5) is 11.4 Å². The number of nitrogens with zero attached hydrogens (tertiary/aromatic N) is 2. The van der Waals surface area contributed by atoms with Crippen LogP contribution in [0.1, 0.15) is 31.1 Å². The predicted octanol–water partition coefficient (Wildman–Crippen LogP) is 2.95. The number of amides is 1. The van der Waals surface area contributed by atoms with Crippen molar-refractivity contribution in [3.8, 4) is 0 Å². The molecule has 20 heavy (non-hydrogen) atoms. The van der Waals surface area contributed by atoms with Gasteiger partial charge in [-0.15, -0.1) is 0 Å². The summed E-state index contributed by atoms with van der Waals surface area (Å²) in [7, 11) is 1.64. The molecule has 0 aliphatic carbocycles. The highest BCUT2D eigenvalue weighted by atomic mass is 35.5. The van der Waals surface area contributed by atoms with E-state index in [1.807, 2.05) is 20.8 Å². The lowest BCUT2D eigenvalue weighted by Gasteiger charge is -2.26. The van der Waals surface area contributed by atoms with Crippen molar-refractivity contribution in [3.05, 3.63) is 32.8 Å². The topological polar surface area (TPSA) is 89.5 Å². The number of nitro benzene ring substituents is 1. The molecule has 0 atom stereocenters. The summed E-state index contributed by atoms with van der Waals surface area (Å²) in [5.41, 5.74) is 5.12. The van der Waals surface area contributed by atoms with Crippen molar-refractivity contribution in [1.29, 1.82) is 0 Å². The number of hydrogen-bond acceptors (Lipinski definition) is 4. The van der Waals surface area contributed by atoms with Crippen LogP contribution in [0.15, 0.2) is 12.1 Å². The van der Waals surface area contributed by atoms with E-state index in [0.29, 0.717) is 6.54 Å². The third-order valence-corrected chi connectivity index (χ3v) is 2.92. The van der Waals surface area contributed by atoms with E-state index < -0.39 is 4.92 Å². The second-order valence-electron chi connectivity index (χ2n) is 5.87.